The minimum absolute atomic E-state index is 0.162. The van der Waals surface area contributed by atoms with Crippen molar-refractivity contribution in [2.45, 2.75) is 25.7 Å². The highest BCUT2D eigenvalue weighted by molar-refractivity contribution is 8.77. The van der Waals surface area contributed by atoms with Gasteiger partial charge in [0.25, 0.3) is 0 Å². The topological polar surface area (TPSA) is 43.1 Å². The number of hydrogen-bond donors (Lipinski definition) is 1. The Morgan fingerprint density at radius 2 is 2.00 bits per heavy atom. The summed E-state index contributed by atoms with van der Waals surface area (Å²) in [6, 6.07) is 0. The zero-order valence-corrected chi connectivity index (χ0v) is 8.76. The van der Waals surface area contributed by atoms with Crippen LogP contribution in [0.15, 0.2) is 0 Å². The van der Waals surface area contributed by atoms with Crippen molar-refractivity contribution in [3.05, 3.63) is 0 Å². The normalized spacial score (nSPS) is 18.3. The lowest BCUT2D eigenvalue weighted by atomic mass is 10.0. The summed E-state index contributed by atoms with van der Waals surface area (Å²) in [7, 11) is 3.94. The summed E-state index contributed by atoms with van der Waals surface area (Å²) in [6.45, 7) is 0. The standard InChI is InChI=1S/C8H15NOS2/c9-8(10)4-2-1-3-7-5-11-12-6-7/h7H,1-6H2,(H2,9,10). The van der Waals surface area contributed by atoms with Crippen LogP contribution >= 0.6 is 21.6 Å². The molecule has 1 heterocycles. The molecule has 0 bridgehead atoms. The Labute approximate surface area is 81.4 Å². The predicted molar refractivity (Wildman–Crippen MR) is 56.1 cm³/mol. The fraction of sp³-hybridized carbons (Fsp3) is 0.875. The second-order valence-electron chi connectivity index (χ2n) is 3.15. The molecule has 1 rings (SSSR count). The monoisotopic (exact) mass is 205 g/mol. The molecule has 0 spiro atoms. The first-order valence-electron chi connectivity index (χ1n) is 4.32. The Hall–Kier alpha value is 0.170. The number of hydrogen-bond acceptors (Lipinski definition) is 3. The Balaban J connectivity index is 1.91. The van der Waals surface area contributed by atoms with Crippen LogP contribution in [0.3, 0.4) is 0 Å². The van der Waals surface area contributed by atoms with Gasteiger partial charge < -0.3 is 5.73 Å². The first kappa shape index (κ1) is 10.3. The first-order valence-corrected chi connectivity index (χ1v) is 6.80. The molecule has 0 aliphatic carbocycles. The van der Waals surface area contributed by atoms with Gasteiger partial charge in [-0.2, -0.15) is 0 Å². The van der Waals surface area contributed by atoms with Crippen LogP contribution < -0.4 is 5.73 Å². The van der Waals surface area contributed by atoms with E-state index in [0.29, 0.717) is 6.42 Å². The van der Waals surface area contributed by atoms with Gasteiger partial charge in [-0.1, -0.05) is 28.0 Å². The number of unbranched alkanes of at least 4 members (excludes halogenated alkanes) is 1. The van der Waals surface area contributed by atoms with E-state index in [2.05, 4.69) is 0 Å². The Morgan fingerprint density at radius 1 is 1.33 bits per heavy atom. The molecule has 2 N–H and O–H groups in total. The fourth-order valence-electron chi connectivity index (χ4n) is 1.24. The van der Waals surface area contributed by atoms with Crippen LogP contribution in [0.4, 0.5) is 0 Å². The molecule has 1 saturated heterocycles. The lowest BCUT2D eigenvalue weighted by Gasteiger charge is -2.05. The summed E-state index contributed by atoms with van der Waals surface area (Å²) in [4.78, 5) is 10.4. The zero-order chi connectivity index (χ0) is 8.81. The van der Waals surface area contributed by atoms with E-state index in [0.717, 1.165) is 18.8 Å². The smallest absolute Gasteiger partial charge is 0.217 e. The SMILES string of the molecule is NC(=O)CCCCC1CSSC1. The van der Waals surface area contributed by atoms with Crippen LogP contribution in [0, 0.1) is 5.92 Å². The van der Waals surface area contributed by atoms with Gasteiger partial charge in [0.2, 0.25) is 5.91 Å². The lowest BCUT2D eigenvalue weighted by Crippen LogP contribution is -2.10. The molecule has 0 aromatic heterocycles. The van der Waals surface area contributed by atoms with E-state index in [-0.39, 0.29) is 5.91 Å². The third-order valence-corrected chi connectivity index (χ3v) is 4.67. The van der Waals surface area contributed by atoms with E-state index in [4.69, 9.17) is 5.73 Å². The number of primary amides is 1. The molecule has 4 heteroatoms. The molecule has 2 nitrogen and oxygen atoms in total. The highest BCUT2D eigenvalue weighted by atomic mass is 33.1. The van der Waals surface area contributed by atoms with Gasteiger partial charge in [-0.15, -0.1) is 0 Å². The molecule has 0 aromatic carbocycles. The number of carbonyl (C=O) groups excluding carboxylic acids is 1. The van der Waals surface area contributed by atoms with Crippen molar-refractivity contribution < 1.29 is 4.79 Å². The molecule has 1 fully saturated rings. The van der Waals surface area contributed by atoms with E-state index in [9.17, 15) is 4.79 Å². The maximum absolute atomic E-state index is 10.4. The van der Waals surface area contributed by atoms with Crippen molar-refractivity contribution in [3.8, 4) is 0 Å². The van der Waals surface area contributed by atoms with Crippen molar-refractivity contribution in [2.24, 2.45) is 11.7 Å². The van der Waals surface area contributed by atoms with Crippen molar-refractivity contribution in [1.82, 2.24) is 0 Å². The molecular weight excluding hydrogens is 190 g/mol. The van der Waals surface area contributed by atoms with E-state index in [1.54, 1.807) is 0 Å². The molecule has 0 atom stereocenters. The van der Waals surface area contributed by atoms with Gasteiger partial charge in [0, 0.05) is 17.9 Å². The summed E-state index contributed by atoms with van der Waals surface area (Å²) in [6.07, 6.45) is 3.97. The summed E-state index contributed by atoms with van der Waals surface area (Å²) in [5.41, 5.74) is 5.04. The summed E-state index contributed by atoms with van der Waals surface area (Å²) in [5, 5.41) is 0. The average Bonchev–Trinajstić information content (AvgIpc) is 2.49. The van der Waals surface area contributed by atoms with Crippen molar-refractivity contribution >= 4 is 27.5 Å². The molecule has 0 aromatic rings. The Bertz CT molecular complexity index is 146. The van der Waals surface area contributed by atoms with E-state index >= 15 is 0 Å². The molecule has 1 aliphatic heterocycles. The van der Waals surface area contributed by atoms with Gasteiger partial charge >= 0.3 is 0 Å². The fourth-order valence-corrected chi connectivity index (χ4v) is 4.26. The van der Waals surface area contributed by atoms with Crippen LogP contribution in [0.1, 0.15) is 25.7 Å². The van der Waals surface area contributed by atoms with Crippen molar-refractivity contribution in [2.75, 3.05) is 11.5 Å². The van der Waals surface area contributed by atoms with Gasteiger partial charge in [-0.3, -0.25) is 4.79 Å². The van der Waals surface area contributed by atoms with Gasteiger partial charge in [0.05, 0.1) is 0 Å². The Morgan fingerprint density at radius 3 is 2.58 bits per heavy atom. The molecule has 1 amide bonds. The van der Waals surface area contributed by atoms with E-state index in [1.807, 2.05) is 21.6 Å². The van der Waals surface area contributed by atoms with Gasteiger partial charge in [-0.05, 0) is 18.8 Å². The minimum atomic E-state index is -0.162. The van der Waals surface area contributed by atoms with Crippen molar-refractivity contribution in [1.29, 1.82) is 0 Å². The molecule has 70 valence electrons. The van der Waals surface area contributed by atoms with Gasteiger partial charge in [-0.25, -0.2) is 0 Å². The number of carbonyl (C=O) groups is 1. The van der Waals surface area contributed by atoms with E-state index in [1.165, 1.54) is 17.9 Å². The van der Waals surface area contributed by atoms with E-state index < -0.39 is 0 Å². The first-order chi connectivity index (χ1) is 5.79. The third kappa shape index (κ3) is 4.26. The quantitative estimate of drug-likeness (QED) is 0.552. The summed E-state index contributed by atoms with van der Waals surface area (Å²) >= 11 is 0. The second-order valence-corrected chi connectivity index (χ2v) is 5.70. The highest BCUT2D eigenvalue weighted by Gasteiger charge is 2.15. The number of amides is 1. The average molecular weight is 205 g/mol. The van der Waals surface area contributed by atoms with Gasteiger partial charge in [0.1, 0.15) is 0 Å². The summed E-state index contributed by atoms with van der Waals surface area (Å²) < 4.78 is 0. The van der Waals surface area contributed by atoms with Crippen LogP contribution in [0.25, 0.3) is 0 Å². The maximum atomic E-state index is 10.4. The molecule has 12 heavy (non-hydrogen) atoms. The third-order valence-electron chi connectivity index (χ3n) is 1.98. The second kappa shape index (κ2) is 5.75. The number of nitrogens with two attached hydrogens (primary N) is 1. The number of rotatable bonds is 5. The van der Waals surface area contributed by atoms with Crippen LogP contribution in [-0.2, 0) is 4.79 Å². The molecule has 0 radical (unpaired) electrons. The highest BCUT2D eigenvalue weighted by Crippen LogP contribution is 2.36. The lowest BCUT2D eigenvalue weighted by molar-refractivity contribution is -0.118. The van der Waals surface area contributed by atoms with Crippen LogP contribution in [-0.4, -0.2) is 17.4 Å². The summed E-state index contributed by atoms with van der Waals surface area (Å²) in [5.74, 6) is 3.31. The van der Waals surface area contributed by atoms with Crippen LogP contribution in [0.5, 0.6) is 0 Å². The molecule has 0 unspecified atom stereocenters. The zero-order valence-electron chi connectivity index (χ0n) is 7.12. The minimum Gasteiger partial charge on any atom is -0.370 e. The Kier molecular flexibility index (Phi) is 4.92. The van der Waals surface area contributed by atoms with Crippen LogP contribution in [0.2, 0.25) is 0 Å². The molecule has 1 aliphatic rings. The maximum Gasteiger partial charge on any atom is 0.217 e. The molecule has 0 saturated carbocycles. The predicted octanol–water partition coefficient (Wildman–Crippen LogP) is 2.04. The van der Waals surface area contributed by atoms with Crippen molar-refractivity contribution in [3.63, 3.8) is 0 Å². The largest absolute Gasteiger partial charge is 0.370 e. The van der Waals surface area contributed by atoms with Gasteiger partial charge in [0.15, 0.2) is 0 Å². The molecular formula is C8H15NOS2.